The predicted molar refractivity (Wildman–Crippen MR) is 71.5 cm³/mol. The average molecular weight is 226 g/mol. The van der Waals surface area contributed by atoms with Gasteiger partial charge in [-0.25, -0.2) is 0 Å². The molecule has 16 heavy (non-hydrogen) atoms. The van der Waals surface area contributed by atoms with Gasteiger partial charge in [0.1, 0.15) is 0 Å². The summed E-state index contributed by atoms with van der Waals surface area (Å²) in [6.07, 6.45) is 3.84. The van der Waals surface area contributed by atoms with Crippen molar-refractivity contribution in [3.63, 3.8) is 0 Å². The molecule has 0 spiro atoms. The summed E-state index contributed by atoms with van der Waals surface area (Å²) in [5, 5.41) is 0. The predicted octanol–water partition coefficient (Wildman–Crippen LogP) is 2.87. The number of hydrogen-bond donors (Lipinski definition) is 1. The molecule has 0 saturated carbocycles. The van der Waals surface area contributed by atoms with Gasteiger partial charge < -0.3 is 10.6 Å². The first-order valence-corrected chi connectivity index (χ1v) is 6.80. The maximum atomic E-state index is 6.21. The Morgan fingerprint density at radius 3 is 2.44 bits per heavy atom. The smallest absolute Gasteiger partial charge is 0.00998 e. The lowest BCUT2D eigenvalue weighted by atomic mass is 9.85. The monoisotopic (exact) mass is 226 g/mol. The highest BCUT2D eigenvalue weighted by molar-refractivity contribution is 4.81. The van der Waals surface area contributed by atoms with E-state index in [1.165, 1.54) is 25.9 Å². The molecule has 3 atom stereocenters. The minimum atomic E-state index is 0.242. The Bertz CT molecular complexity index is 207. The van der Waals surface area contributed by atoms with Crippen molar-refractivity contribution in [2.75, 3.05) is 13.1 Å². The molecule has 2 heteroatoms. The second-order valence-corrected chi connectivity index (χ2v) is 6.78. The highest BCUT2D eigenvalue weighted by atomic mass is 15.2. The summed E-state index contributed by atoms with van der Waals surface area (Å²) in [5.41, 5.74) is 6.46. The van der Waals surface area contributed by atoms with Crippen molar-refractivity contribution < 1.29 is 0 Å². The van der Waals surface area contributed by atoms with Gasteiger partial charge in [0.25, 0.3) is 0 Å². The zero-order valence-electron chi connectivity index (χ0n) is 11.8. The van der Waals surface area contributed by atoms with Crippen LogP contribution in [0.1, 0.15) is 53.9 Å². The highest BCUT2D eigenvalue weighted by Crippen LogP contribution is 2.24. The Hall–Kier alpha value is -0.0800. The molecule has 1 aliphatic heterocycles. The van der Waals surface area contributed by atoms with Crippen LogP contribution in [0.15, 0.2) is 0 Å². The topological polar surface area (TPSA) is 29.3 Å². The molecule has 0 aliphatic carbocycles. The van der Waals surface area contributed by atoms with Crippen molar-refractivity contribution in [1.82, 2.24) is 4.90 Å². The van der Waals surface area contributed by atoms with Crippen molar-refractivity contribution in [1.29, 1.82) is 0 Å². The van der Waals surface area contributed by atoms with Crippen LogP contribution in [0, 0.1) is 11.3 Å². The maximum Gasteiger partial charge on any atom is 0.00998 e. The quantitative estimate of drug-likeness (QED) is 0.802. The van der Waals surface area contributed by atoms with E-state index in [9.17, 15) is 0 Å². The molecule has 0 radical (unpaired) electrons. The summed E-state index contributed by atoms with van der Waals surface area (Å²) in [5.74, 6) is 0.905. The van der Waals surface area contributed by atoms with Crippen molar-refractivity contribution >= 4 is 0 Å². The molecule has 3 unspecified atom stereocenters. The molecule has 1 fully saturated rings. The number of hydrogen-bond acceptors (Lipinski definition) is 2. The summed E-state index contributed by atoms with van der Waals surface area (Å²) < 4.78 is 0. The van der Waals surface area contributed by atoms with Crippen LogP contribution >= 0.6 is 0 Å². The first-order valence-electron chi connectivity index (χ1n) is 6.80. The first-order chi connectivity index (χ1) is 7.30. The zero-order valence-corrected chi connectivity index (χ0v) is 11.8. The van der Waals surface area contributed by atoms with Gasteiger partial charge in [-0.15, -0.1) is 0 Å². The van der Waals surface area contributed by atoms with Crippen LogP contribution in [0.5, 0.6) is 0 Å². The van der Waals surface area contributed by atoms with Gasteiger partial charge in [-0.1, -0.05) is 27.7 Å². The van der Waals surface area contributed by atoms with Gasteiger partial charge >= 0.3 is 0 Å². The van der Waals surface area contributed by atoms with E-state index in [1.54, 1.807) is 0 Å². The SMILES string of the molecule is CC1CCN(CCC(N)C(C)(C)C)C(C)C1. The second-order valence-electron chi connectivity index (χ2n) is 6.78. The van der Waals surface area contributed by atoms with Crippen molar-refractivity contribution in [3.05, 3.63) is 0 Å². The van der Waals surface area contributed by atoms with E-state index in [1.807, 2.05) is 0 Å². The Morgan fingerprint density at radius 1 is 1.31 bits per heavy atom. The van der Waals surface area contributed by atoms with Crippen LogP contribution in [0.4, 0.5) is 0 Å². The van der Waals surface area contributed by atoms with Crippen molar-refractivity contribution in [2.24, 2.45) is 17.1 Å². The number of likely N-dealkylation sites (tertiary alicyclic amines) is 1. The van der Waals surface area contributed by atoms with E-state index < -0.39 is 0 Å². The summed E-state index contributed by atoms with van der Waals surface area (Å²) in [6.45, 7) is 13.9. The van der Waals surface area contributed by atoms with E-state index in [4.69, 9.17) is 5.73 Å². The summed E-state index contributed by atoms with van der Waals surface area (Å²) in [7, 11) is 0. The van der Waals surface area contributed by atoms with Crippen LogP contribution < -0.4 is 5.73 Å². The van der Waals surface area contributed by atoms with Gasteiger partial charge in [0.05, 0.1) is 0 Å². The molecule has 2 N–H and O–H groups in total. The molecular formula is C14H30N2. The maximum absolute atomic E-state index is 6.21. The number of nitrogens with zero attached hydrogens (tertiary/aromatic N) is 1. The van der Waals surface area contributed by atoms with Gasteiger partial charge in [-0.3, -0.25) is 0 Å². The molecule has 1 rings (SSSR count). The first kappa shape index (κ1) is 14.0. The highest BCUT2D eigenvalue weighted by Gasteiger charge is 2.25. The van der Waals surface area contributed by atoms with Gasteiger partial charge in [-0.05, 0) is 50.6 Å². The molecule has 1 aliphatic rings. The minimum Gasteiger partial charge on any atom is -0.327 e. The number of nitrogens with two attached hydrogens (primary N) is 1. The lowest BCUT2D eigenvalue weighted by Gasteiger charge is -2.38. The van der Waals surface area contributed by atoms with Gasteiger partial charge in [0.2, 0.25) is 0 Å². The Kier molecular flexibility index (Phi) is 4.81. The third-order valence-electron chi connectivity index (χ3n) is 4.12. The number of piperidine rings is 1. The van der Waals surface area contributed by atoms with Crippen molar-refractivity contribution in [3.8, 4) is 0 Å². The minimum absolute atomic E-state index is 0.242. The second kappa shape index (κ2) is 5.50. The summed E-state index contributed by atoms with van der Waals surface area (Å²) in [6, 6.07) is 1.06. The molecule has 0 aromatic carbocycles. The zero-order chi connectivity index (χ0) is 12.3. The molecule has 2 nitrogen and oxygen atoms in total. The van der Waals surface area contributed by atoms with Crippen LogP contribution in [-0.4, -0.2) is 30.1 Å². The summed E-state index contributed by atoms with van der Waals surface area (Å²) in [4.78, 5) is 2.62. The fraction of sp³-hybridized carbons (Fsp3) is 1.00. The van der Waals surface area contributed by atoms with E-state index in [0.29, 0.717) is 6.04 Å². The van der Waals surface area contributed by atoms with Gasteiger partial charge in [0.15, 0.2) is 0 Å². The van der Waals surface area contributed by atoms with E-state index >= 15 is 0 Å². The van der Waals surface area contributed by atoms with Crippen LogP contribution in [0.3, 0.4) is 0 Å². The Balaban J connectivity index is 2.33. The van der Waals surface area contributed by atoms with E-state index in [2.05, 4.69) is 39.5 Å². The van der Waals surface area contributed by atoms with Gasteiger partial charge in [-0.2, -0.15) is 0 Å². The lowest BCUT2D eigenvalue weighted by Crippen LogP contribution is -2.44. The third-order valence-corrected chi connectivity index (χ3v) is 4.12. The Labute approximate surface area is 102 Å². The average Bonchev–Trinajstić information content (AvgIpc) is 2.14. The van der Waals surface area contributed by atoms with Crippen LogP contribution in [0.25, 0.3) is 0 Å². The van der Waals surface area contributed by atoms with Crippen LogP contribution in [-0.2, 0) is 0 Å². The van der Waals surface area contributed by atoms with E-state index in [-0.39, 0.29) is 5.41 Å². The molecular weight excluding hydrogens is 196 g/mol. The molecule has 0 amide bonds. The van der Waals surface area contributed by atoms with Gasteiger partial charge in [0, 0.05) is 12.1 Å². The standard InChI is InChI=1S/C14H30N2/c1-11-6-8-16(12(2)10-11)9-7-13(15)14(3,4)5/h11-13H,6-10,15H2,1-5H3. The molecule has 96 valence electrons. The Morgan fingerprint density at radius 2 is 1.94 bits per heavy atom. The van der Waals surface area contributed by atoms with Crippen LogP contribution in [0.2, 0.25) is 0 Å². The number of rotatable bonds is 3. The normalized spacial score (nSPS) is 30.4. The molecule has 0 aromatic heterocycles. The fourth-order valence-corrected chi connectivity index (χ4v) is 2.53. The molecule has 0 aromatic rings. The third kappa shape index (κ3) is 4.06. The lowest BCUT2D eigenvalue weighted by molar-refractivity contribution is 0.119. The molecule has 1 heterocycles. The van der Waals surface area contributed by atoms with Crippen molar-refractivity contribution in [2.45, 2.75) is 66.0 Å². The largest absolute Gasteiger partial charge is 0.327 e. The molecule has 0 bridgehead atoms. The molecule has 1 saturated heterocycles. The van der Waals surface area contributed by atoms with E-state index in [0.717, 1.165) is 18.4 Å². The fourth-order valence-electron chi connectivity index (χ4n) is 2.53. The summed E-state index contributed by atoms with van der Waals surface area (Å²) >= 11 is 0.